The van der Waals surface area contributed by atoms with Crippen LogP contribution in [0.25, 0.3) is 0 Å². The lowest BCUT2D eigenvalue weighted by Gasteiger charge is -2.21. The molecule has 5 heteroatoms. The molecule has 1 aliphatic heterocycles. The zero-order valence-corrected chi connectivity index (χ0v) is 8.90. The first kappa shape index (κ1) is 11.4. The Hall–Kier alpha value is -0.650. The van der Waals surface area contributed by atoms with E-state index in [1.165, 1.54) is 14.2 Å². The molecule has 0 N–H and O–H groups in total. The fourth-order valence-corrected chi connectivity index (χ4v) is 1.38. The zero-order chi connectivity index (χ0) is 10.8. The van der Waals surface area contributed by atoms with Gasteiger partial charge in [-0.2, -0.15) is 0 Å². The molecule has 82 valence electrons. The summed E-state index contributed by atoms with van der Waals surface area (Å²) >= 11 is 0. The van der Waals surface area contributed by atoms with Gasteiger partial charge in [-0.3, -0.25) is 0 Å². The third-order valence-electron chi connectivity index (χ3n) is 2.06. The summed E-state index contributed by atoms with van der Waals surface area (Å²) in [6.07, 6.45) is -1.12. The van der Waals surface area contributed by atoms with Gasteiger partial charge in [0.05, 0.1) is 13.7 Å². The molecule has 1 saturated heterocycles. The summed E-state index contributed by atoms with van der Waals surface area (Å²) < 4.78 is 20.4. The van der Waals surface area contributed by atoms with Crippen LogP contribution in [0.3, 0.4) is 0 Å². The molecule has 0 bridgehead atoms. The number of rotatable bonds is 3. The molecule has 0 amide bonds. The molecule has 0 aromatic rings. The van der Waals surface area contributed by atoms with E-state index in [2.05, 4.69) is 4.74 Å². The van der Waals surface area contributed by atoms with Crippen LogP contribution in [0.15, 0.2) is 0 Å². The summed E-state index contributed by atoms with van der Waals surface area (Å²) in [4.78, 5) is 11.3. The standard InChI is InChI=1S/C9H16O5/c1-9(2)13-5-6(14-9)7(11-3)8(10)12-4/h6-7H,5H2,1-4H3. The van der Waals surface area contributed by atoms with E-state index in [0.717, 1.165) is 0 Å². The van der Waals surface area contributed by atoms with Crippen LogP contribution in [-0.4, -0.2) is 44.8 Å². The highest BCUT2D eigenvalue weighted by atomic mass is 16.8. The van der Waals surface area contributed by atoms with E-state index in [4.69, 9.17) is 14.2 Å². The molecule has 1 rings (SSSR count). The first-order valence-corrected chi connectivity index (χ1v) is 4.42. The number of hydrogen-bond acceptors (Lipinski definition) is 5. The van der Waals surface area contributed by atoms with Crippen molar-refractivity contribution in [3.63, 3.8) is 0 Å². The minimum absolute atomic E-state index is 0.334. The topological polar surface area (TPSA) is 54.0 Å². The maximum absolute atomic E-state index is 11.3. The molecule has 1 aliphatic rings. The van der Waals surface area contributed by atoms with Crippen LogP contribution in [0.1, 0.15) is 13.8 Å². The average molecular weight is 204 g/mol. The Morgan fingerprint density at radius 3 is 2.50 bits per heavy atom. The van der Waals surface area contributed by atoms with Gasteiger partial charge in [0.2, 0.25) is 0 Å². The van der Waals surface area contributed by atoms with E-state index in [0.29, 0.717) is 6.61 Å². The third kappa shape index (κ3) is 2.43. The van der Waals surface area contributed by atoms with Crippen molar-refractivity contribution >= 4 is 5.97 Å². The molecular formula is C9H16O5. The summed E-state index contributed by atoms with van der Waals surface area (Å²) in [5, 5.41) is 0. The van der Waals surface area contributed by atoms with Crippen molar-refractivity contribution in [3.8, 4) is 0 Å². The average Bonchev–Trinajstić information content (AvgIpc) is 2.47. The quantitative estimate of drug-likeness (QED) is 0.620. The summed E-state index contributed by atoms with van der Waals surface area (Å²) in [5.41, 5.74) is 0. The lowest BCUT2D eigenvalue weighted by Crippen LogP contribution is -2.39. The van der Waals surface area contributed by atoms with Gasteiger partial charge in [-0.25, -0.2) is 4.79 Å². The smallest absolute Gasteiger partial charge is 0.337 e. The summed E-state index contributed by atoms with van der Waals surface area (Å²) in [7, 11) is 2.76. The number of hydrogen-bond donors (Lipinski definition) is 0. The van der Waals surface area contributed by atoms with E-state index >= 15 is 0 Å². The highest BCUT2D eigenvalue weighted by molar-refractivity contribution is 5.75. The fourth-order valence-electron chi connectivity index (χ4n) is 1.38. The van der Waals surface area contributed by atoms with E-state index in [9.17, 15) is 4.79 Å². The second kappa shape index (κ2) is 4.25. The molecule has 1 heterocycles. The lowest BCUT2D eigenvalue weighted by molar-refractivity contribution is -0.173. The van der Waals surface area contributed by atoms with Gasteiger partial charge in [0, 0.05) is 7.11 Å². The highest BCUT2D eigenvalue weighted by Crippen LogP contribution is 2.25. The Morgan fingerprint density at radius 1 is 1.50 bits per heavy atom. The zero-order valence-electron chi connectivity index (χ0n) is 8.90. The fraction of sp³-hybridized carbons (Fsp3) is 0.889. The Bertz CT molecular complexity index is 213. The molecule has 0 aromatic heterocycles. The van der Waals surface area contributed by atoms with Gasteiger partial charge in [0.1, 0.15) is 6.10 Å². The summed E-state index contributed by atoms with van der Waals surface area (Å²) in [6.45, 7) is 3.91. The van der Waals surface area contributed by atoms with Crippen molar-refractivity contribution in [2.75, 3.05) is 20.8 Å². The Morgan fingerprint density at radius 2 is 2.14 bits per heavy atom. The first-order chi connectivity index (χ1) is 6.50. The van der Waals surface area contributed by atoms with Gasteiger partial charge in [0.15, 0.2) is 11.9 Å². The Kier molecular flexibility index (Phi) is 3.47. The van der Waals surface area contributed by atoms with Crippen LogP contribution in [0.4, 0.5) is 0 Å². The second-order valence-corrected chi connectivity index (χ2v) is 3.55. The van der Waals surface area contributed by atoms with Gasteiger partial charge in [-0.15, -0.1) is 0 Å². The molecule has 0 aromatic carbocycles. The SMILES string of the molecule is COC(=O)C(OC)C1COC(C)(C)O1. The van der Waals surface area contributed by atoms with Crippen molar-refractivity contribution in [1.29, 1.82) is 0 Å². The normalized spacial score (nSPS) is 27.3. The minimum Gasteiger partial charge on any atom is -0.467 e. The van der Waals surface area contributed by atoms with Gasteiger partial charge in [-0.1, -0.05) is 0 Å². The molecular weight excluding hydrogens is 188 g/mol. The Balaban J connectivity index is 2.59. The molecule has 14 heavy (non-hydrogen) atoms. The van der Waals surface area contributed by atoms with Gasteiger partial charge < -0.3 is 18.9 Å². The van der Waals surface area contributed by atoms with E-state index in [1.54, 1.807) is 13.8 Å². The van der Waals surface area contributed by atoms with E-state index < -0.39 is 24.0 Å². The van der Waals surface area contributed by atoms with Crippen LogP contribution in [0.5, 0.6) is 0 Å². The van der Waals surface area contributed by atoms with Crippen molar-refractivity contribution in [2.24, 2.45) is 0 Å². The molecule has 2 unspecified atom stereocenters. The number of carbonyl (C=O) groups is 1. The molecule has 0 radical (unpaired) electrons. The molecule has 0 aliphatic carbocycles. The van der Waals surface area contributed by atoms with Crippen molar-refractivity contribution < 1.29 is 23.7 Å². The van der Waals surface area contributed by atoms with E-state index in [1.807, 2.05) is 0 Å². The minimum atomic E-state index is -0.721. The van der Waals surface area contributed by atoms with Crippen LogP contribution in [0, 0.1) is 0 Å². The van der Waals surface area contributed by atoms with Gasteiger partial charge >= 0.3 is 5.97 Å². The predicted molar refractivity (Wildman–Crippen MR) is 47.7 cm³/mol. The highest BCUT2D eigenvalue weighted by Gasteiger charge is 2.41. The predicted octanol–water partition coefficient (Wildman–Crippen LogP) is 0.326. The maximum atomic E-state index is 11.3. The summed E-state index contributed by atoms with van der Waals surface area (Å²) in [5.74, 6) is -1.10. The van der Waals surface area contributed by atoms with Crippen molar-refractivity contribution in [3.05, 3.63) is 0 Å². The van der Waals surface area contributed by atoms with Crippen LogP contribution in [0.2, 0.25) is 0 Å². The summed E-state index contributed by atoms with van der Waals surface area (Å²) in [6, 6.07) is 0. The largest absolute Gasteiger partial charge is 0.467 e. The van der Waals surface area contributed by atoms with Crippen molar-refractivity contribution in [1.82, 2.24) is 0 Å². The lowest BCUT2D eigenvalue weighted by atomic mass is 10.2. The monoisotopic (exact) mass is 204 g/mol. The number of esters is 1. The Labute approximate surface area is 83.3 Å². The first-order valence-electron chi connectivity index (χ1n) is 4.42. The van der Waals surface area contributed by atoms with Crippen LogP contribution >= 0.6 is 0 Å². The molecule has 0 saturated carbocycles. The number of ether oxygens (including phenoxy) is 4. The van der Waals surface area contributed by atoms with Crippen molar-refractivity contribution in [2.45, 2.75) is 31.8 Å². The molecule has 0 spiro atoms. The third-order valence-corrected chi connectivity index (χ3v) is 2.06. The van der Waals surface area contributed by atoms with Crippen LogP contribution < -0.4 is 0 Å². The number of methoxy groups -OCH3 is 2. The number of carbonyl (C=O) groups excluding carboxylic acids is 1. The van der Waals surface area contributed by atoms with Crippen LogP contribution in [-0.2, 0) is 23.7 Å². The second-order valence-electron chi connectivity index (χ2n) is 3.55. The van der Waals surface area contributed by atoms with E-state index in [-0.39, 0.29) is 0 Å². The molecule has 1 fully saturated rings. The maximum Gasteiger partial charge on any atom is 0.337 e. The molecule has 5 nitrogen and oxygen atoms in total. The van der Waals surface area contributed by atoms with Gasteiger partial charge in [0.25, 0.3) is 0 Å². The van der Waals surface area contributed by atoms with Gasteiger partial charge in [-0.05, 0) is 13.8 Å². The molecule has 2 atom stereocenters.